The van der Waals surface area contributed by atoms with Crippen LogP contribution in [0.5, 0.6) is 0 Å². The van der Waals surface area contributed by atoms with Crippen LogP contribution < -0.4 is 10.6 Å². The number of rotatable bonds is 6. The number of carbonyl (C=O) groups is 1. The van der Waals surface area contributed by atoms with E-state index in [0.29, 0.717) is 11.1 Å². The topological polar surface area (TPSA) is 41.1 Å². The molecule has 0 fully saturated rings. The zero-order valence-corrected chi connectivity index (χ0v) is 15.3. The van der Waals surface area contributed by atoms with Crippen molar-refractivity contribution in [1.29, 1.82) is 0 Å². The quantitative estimate of drug-likeness (QED) is 0.389. The number of benzene rings is 4. The van der Waals surface area contributed by atoms with Crippen molar-refractivity contribution in [3.8, 4) is 0 Å². The molecule has 0 aliphatic heterocycles. The lowest BCUT2D eigenvalue weighted by Gasteiger charge is -2.09. The summed E-state index contributed by atoms with van der Waals surface area (Å²) < 4.78 is 0. The fourth-order valence-electron chi connectivity index (χ4n) is 2.95. The number of ketones is 1. The molecule has 2 N–H and O–H groups in total. The van der Waals surface area contributed by atoms with E-state index in [1.165, 1.54) is 0 Å². The molecule has 0 heterocycles. The molecule has 0 spiro atoms. The second-order valence-corrected chi connectivity index (χ2v) is 6.47. The van der Waals surface area contributed by atoms with Crippen LogP contribution in [0.25, 0.3) is 0 Å². The third kappa shape index (κ3) is 4.27. The molecule has 0 unspecified atom stereocenters. The second-order valence-electron chi connectivity index (χ2n) is 6.47. The highest BCUT2D eigenvalue weighted by molar-refractivity contribution is 6.09. The first-order chi connectivity index (χ1) is 13.8. The van der Waals surface area contributed by atoms with Gasteiger partial charge in [-0.05, 0) is 72.8 Å². The number of nitrogens with one attached hydrogen (secondary N) is 2. The summed E-state index contributed by atoms with van der Waals surface area (Å²) in [6.45, 7) is 0. The van der Waals surface area contributed by atoms with Gasteiger partial charge < -0.3 is 10.6 Å². The second kappa shape index (κ2) is 8.23. The molecule has 0 saturated carbocycles. The van der Waals surface area contributed by atoms with Gasteiger partial charge in [-0.15, -0.1) is 0 Å². The van der Waals surface area contributed by atoms with Crippen LogP contribution in [-0.2, 0) is 0 Å². The molecule has 28 heavy (non-hydrogen) atoms. The minimum absolute atomic E-state index is 0.0116. The summed E-state index contributed by atoms with van der Waals surface area (Å²) in [6, 6.07) is 35.0. The summed E-state index contributed by atoms with van der Waals surface area (Å²) in [7, 11) is 0. The van der Waals surface area contributed by atoms with Gasteiger partial charge in [-0.2, -0.15) is 0 Å². The van der Waals surface area contributed by atoms with Gasteiger partial charge >= 0.3 is 0 Å². The Morgan fingerprint density at radius 3 is 1.11 bits per heavy atom. The number of hydrogen-bond acceptors (Lipinski definition) is 3. The summed E-state index contributed by atoms with van der Waals surface area (Å²) in [6.07, 6.45) is 0. The molecule has 0 aromatic heterocycles. The fraction of sp³-hybridized carbons (Fsp3) is 0. The zero-order chi connectivity index (χ0) is 19.2. The highest BCUT2D eigenvalue weighted by Crippen LogP contribution is 2.20. The fourth-order valence-corrected chi connectivity index (χ4v) is 2.95. The van der Waals surface area contributed by atoms with E-state index in [2.05, 4.69) is 10.6 Å². The Bertz CT molecular complexity index is 954. The minimum atomic E-state index is 0.0116. The Balaban J connectivity index is 1.44. The van der Waals surface area contributed by atoms with Crippen LogP contribution >= 0.6 is 0 Å². The molecule has 0 bridgehead atoms. The van der Waals surface area contributed by atoms with Gasteiger partial charge in [0.25, 0.3) is 0 Å². The Labute approximate surface area is 164 Å². The molecule has 0 aliphatic carbocycles. The van der Waals surface area contributed by atoms with Crippen molar-refractivity contribution in [2.45, 2.75) is 0 Å². The molecule has 0 amide bonds. The van der Waals surface area contributed by atoms with E-state index in [1.54, 1.807) is 0 Å². The average molecular weight is 364 g/mol. The van der Waals surface area contributed by atoms with Crippen molar-refractivity contribution < 1.29 is 4.79 Å². The smallest absolute Gasteiger partial charge is 0.193 e. The standard InChI is InChI=1S/C25H20N2O/c28-25(19-11-15-23(16-12-19)26-21-7-3-1-4-8-21)20-13-17-24(18-14-20)27-22-9-5-2-6-10-22/h1-18,26-27H. The van der Waals surface area contributed by atoms with Crippen LogP contribution in [0.2, 0.25) is 0 Å². The van der Waals surface area contributed by atoms with Gasteiger partial charge in [-0.3, -0.25) is 4.79 Å². The highest BCUT2D eigenvalue weighted by Gasteiger charge is 2.09. The van der Waals surface area contributed by atoms with E-state index in [0.717, 1.165) is 22.7 Å². The monoisotopic (exact) mass is 364 g/mol. The molecule has 0 saturated heterocycles. The van der Waals surface area contributed by atoms with Crippen LogP contribution in [-0.4, -0.2) is 5.78 Å². The maximum absolute atomic E-state index is 12.7. The summed E-state index contributed by atoms with van der Waals surface area (Å²) in [4.78, 5) is 12.7. The lowest BCUT2D eigenvalue weighted by atomic mass is 10.0. The molecular weight excluding hydrogens is 344 g/mol. The number of anilines is 4. The minimum Gasteiger partial charge on any atom is -0.356 e. The van der Waals surface area contributed by atoms with E-state index < -0.39 is 0 Å². The number of hydrogen-bond donors (Lipinski definition) is 2. The van der Waals surface area contributed by atoms with Gasteiger partial charge in [0, 0.05) is 33.9 Å². The lowest BCUT2D eigenvalue weighted by molar-refractivity contribution is 0.103. The van der Waals surface area contributed by atoms with Gasteiger partial charge in [0.15, 0.2) is 5.78 Å². The Hall–Kier alpha value is -3.85. The predicted molar refractivity (Wildman–Crippen MR) is 116 cm³/mol. The number of para-hydroxylation sites is 2. The molecule has 0 radical (unpaired) electrons. The van der Waals surface area contributed by atoms with Crippen molar-refractivity contribution in [2.24, 2.45) is 0 Å². The van der Waals surface area contributed by atoms with E-state index in [4.69, 9.17) is 0 Å². The van der Waals surface area contributed by atoms with Crippen molar-refractivity contribution >= 4 is 28.5 Å². The van der Waals surface area contributed by atoms with E-state index in [9.17, 15) is 4.79 Å². The maximum atomic E-state index is 12.7. The predicted octanol–water partition coefficient (Wildman–Crippen LogP) is 6.40. The molecule has 4 aromatic rings. The summed E-state index contributed by atoms with van der Waals surface area (Å²) in [5.74, 6) is 0.0116. The summed E-state index contributed by atoms with van der Waals surface area (Å²) in [5, 5.41) is 6.64. The third-order valence-corrected chi connectivity index (χ3v) is 4.42. The molecular formula is C25H20N2O. The molecule has 136 valence electrons. The van der Waals surface area contributed by atoms with E-state index in [1.807, 2.05) is 109 Å². The summed E-state index contributed by atoms with van der Waals surface area (Å²) >= 11 is 0. The first-order valence-electron chi connectivity index (χ1n) is 9.17. The average Bonchev–Trinajstić information content (AvgIpc) is 2.76. The van der Waals surface area contributed by atoms with Gasteiger partial charge in [0.05, 0.1) is 0 Å². The lowest BCUT2D eigenvalue weighted by Crippen LogP contribution is -2.01. The molecule has 0 aliphatic rings. The van der Waals surface area contributed by atoms with Crippen LogP contribution in [0.1, 0.15) is 15.9 Å². The van der Waals surface area contributed by atoms with Gasteiger partial charge in [0.1, 0.15) is 0 Å². The van der Waals surface area contributed by atoms with Gasteiger partial charge in [-0.25, -0.2) is 0 Å². The van der Waals surface area contributed by atoms with Crippen molar-refractivity contribution in [2.75, 3.05) is 10.6 Å². The van der Waals surface area contributed by atoms with Crippen molar-refractivity contribution in [1.82, 2.24) is 0 Å². The molecule has 3 heteroatoms. The third-order valence-electron chi connectivity index (χ3n) is 4.42. The normalized spacial score (nSPS) is 10.3. The molecule has 3 nitrogen and oxygen atoms in total. The Kier molecular flexibility index (Phi) is 5.16. The van der Waals surface area contributed by atoms with Gasteiger partial charge in [-0.1, -0.05) is 36.4 Å². The van der Waals surface area contributed by atoms with Crippen molar-refractivity contribution in [3.63, 3.8) is 0 Å². The van der Waals surface area contributed by atoms with Crippen LogP contribution in [0.15, 0.2) is 109 Å². The van der Waals surface area contributed by atoms with Crippen LogP contribution in [0.3, 0.4) is 0 Å². The zero-order valence-electron chi connectivity index (χ0n) is 15.3. The van der Waals surface area contributed by atoms with E-state index in [-0.39, 0.29) is 5.78 Å². The number of carbonyl (C=O) groups excluding carboxylic acids is 1. The first kappa shape index (κ1) is 17.6. The van der Waals surface area contributed by atoms with Crippen LogP contribution in [0.4, 0.5) is 22.7 Å². The SMILES string of the molecule is O=C(c1ccc(Nc2ccccc2)cc1)c1ccc(Nc2ccccc2)cc1. The maximum Gasteiger partial charge on any atom is 0.193 e. The van der Waals surface area contributed by atoms with Gasteiger partial charge in [0.2, 0.25) is 0 Å². The largest absolute Gasteiger partial charge is 0.356 e. The summed E-state index contributed by atoms with van der Waals surface area (Å²) in [5.41, 5.74) is 5.27. The molecule has 4 aromatic carbocycles. The Morgan fingerprint density at radius 2 is 0.750 bits per heavy atom. The molecule has 0 atom stereocenters. The highest BCUT2D eigenvalue weighted by atomic mass is 16.1. The Morgan fingerprint density at radius 1 is 0.429 bits per heavy atom. The molecule has 4 rings (SSSR count). The van der Waals surface area contributed by atoms with E-state index >= 15 is 0 Å². The van der Waals surface area contributed by atoms with Crippen LogP contribution in [0, 0.1) is 0 Å². The van der Waals surface area contributed by atoms with Crippen molar-refractivity contribution in [3.05, 3.63) is 120 Å². The first-order valence-corrected chi connectivity index (χ1v) is 9.17.